The molecule has 0 unspecified atom stereocenters. The lowest BCUT2D eigenvalue weighted by molar-refractivity contribution is -0.114. The van der Waals surface area contributed by atoms with Gasteiger partial charge in [0.25, 0.3) is 5.91 Å². The standard InChI is InChI=1S/C20H25N3O2/c1-13(2)22-20(25)16-8-10-17(11-9-16)21-12-19(24)23-18-7-5-6-14(3)15(18)4/h5-11,13,21H,12H2,1-4H3,(H,22,25)(H,23,24). The SMILES string of the molecule is Cc1cccc(NC(=O)CNc2ccc(C(=O)NC(C)C)cc2)c1C. The van der Waals surface area contributed by atoms with E-state index in [4.69, 9.17) is 0 Å². The van der Waals surface area contributed by atoms with Gasteiger partial charge in [-0.05, 0) is 69.2 Å². The molecule has 0 aliphatic carbocycles. The highest BCUT2D eigenvalue weighted by atomic mass is 16.2. The molecule has 0 atom stereocenters. The van der Waals surface area contributed by atoms with Crippen molar-refractivity contribution in [2.24, 2.45) is 0 Å². The van der Waals surface area contributed by atoms with Crippen LogP contribution in [0.15, 0.2) is 42.5 Å². The third-order valence-electron chi connectivity index (χ3n) is 3.90. The number of aryl methyl sites for hydroxylation is 1. The molecule has 0 saturated carbocycles. The van der Waals surface area contributed by atoms with E-state index in [1.807, 2.05) is 45.9 Å². The molecule has 132 valence electrons. The van der Waals surface area contributed by atoms with E-state index in [0.717, 1.165) is 22.5 Å². The van der Waals surface area contributed by atoms with Crippen LogP contribution in [0.5, 0.6) is 0 Å². The molecule has 0 fully saturated rings. The van der Waals surface area contributed by atoms with E-state index >= 15 is 0 Å². The molecule has 0 aliphatic heterocycles. The minimum absolute atomic E-state index is 0.0964. The number of nitrogens with one attached hydrogen (secondary N) is 3. The minimum Gasteiger partial charge on any atom is -0.376 e. The highest BCUT2D eigenvalue weighted by Crippen LogP contribution is 2.18. The molecule has 3 N–H and O–H groups in total. The number of anilines is 2. The van der Waals surface area contributed by atoms with Crippen LogP contribution in [0.25, 0.3) is 0 Å². The fraction of sp³-hybridized carbons (Fsp3) is 0.300. The van der Waals surface area contributed by atoms with E-state index in [9.17, 15) is 9.59 Å². The van der Waals surface area contributed by atoms with Crippen molar-refractivity contribution in [1.29, 1.82) is 0 Å². The topological polar surface area (TPSA) is 70.2 Å². The number of carbonyl (C=O) groups excluding carboxylic acids is 2. The van der Waals surface area contributed by atoms with Gasteiger partial charge in [0.2, 0.25) is 5.91 Å². The van der Waals surface area contributed by atoms with Gasteiger partial charge in [-0.1, -0.05) is 12.1 Å². The van der Waals surface area contributed by atoms with Gasteiger partial charge < -0.3 is 16.0 Å². The average Bonchev–Trinajstić information content (AvgIpc) is 2.57. The zero-order valence-corrected chi connectivity index (χ0v) is 15.1. The van der Waals surface area contributed by atoms with E-state index in [2.05, 4.69) is 16.0 Å². The molecule has 2 aromatic rings. The predicted octanol–water partition coefficient (Wildman–Crippen LogP) is 3.49. The molecular weight excluding hydrogens is 314 g/mol. The van der Waals surface area contributed by atoms with Crippen LogP contribution in [0.2, 0.25) is 0 Å². The Labute approximate surface area is 148 Å². The van der Waals surface area contributed by atoms with Gasteiger partial charge in [-0.3, -0.25) is 9.59 Å². The molecule has 0 heterocycles. The van der Waals surface area contributed by atoms with Crippen molar-refractivity contribution in [3.8, 4) is 0 Å². The summed E-state index contributed by atoms with van der Waals surface area (Å²) in [5.74, 6) is -0.218. The molecule has 0 saturated heterocycles. The summed E-state index contributed by atoms with van der Waals surface area (Å²) in [6, 6.07) is 13.0. The molecule has 2 amide bonds. The van der Waals surface area contributed by atoms with Crippen molar-refractivity contribution < 1.29 is 9.59 Å². The van der Waals surface area contributed by atoms with E-state index in [0.29, 0.717) is 5.56 Å². The number of hydrogen-bond donors (Lipinski definition) is 3. The molecule has 5 heteroatoms. The van der Waals surface area contributed by atoms with Gasteiger partial charge in [0.1, 0.15) is 0 Å². The van der Waals surface area contributed by atoms with Crippen LogP contribution in [-0.2, 0) is 4.79 Å². The lowest BCUT2D eigenvalue weighted by atomic mass is 10.1. The van der Waals surface area contributed by atoms with E-state index in [-0.39, 0.29) is 24.4 Å². The molecule has 25 heavy (non-hydrogen) atoms. The first-order chi connectivity index (χ1) is 11.9. The van der Waals surface area contributed by atoms with Crippen LogP contribution in [-0.4, -0.2) is 24.4 Å². The zero-order chi connectivity index (χ0) is 18.4. The van der Waals surface area contributed by atoms with Gasteiger partial charge in [0.05, 0.1) is 6.54 Å². The van der Waals surface area contributed by atoms with Crippen LogP contribution < -0.4 is 16.0 Å². The first kappa shape index (κ1) is 18.5. The van der Waals surface area contributed by atoms with E-state index in [1.165, 1.54) is 0 Å². The summed E-state index contributed by atoms with van der Waals surface area (Å²) in [4.78, 5) is 24.0. The summed E-state index contributed by atoms with van der Waals surface area (Å²) in [5.41, 5.74) is 4.42. The second-order valence-corrected chi connectivity index (χ2v) is 6.35. The molecule has 0 spiro atoms. The van der Waals surface area contributed by atoms with Crippen LogP contribution in [0, 0.1) is 13.8 Å². The third-order valence-corrected chi connectivity index (χ3v) is 3.90. The number of hydrogen-bond acceptors (Lipinski definition) is 3. The van der Waals surface area contributed by atoms with Crippen molar-refractivity contribution in [1.82, 2.24) is 5.32 Å². The smallest absolute Gasteiger partial charge is 0.251 e. The lowest BCUT2D eigenvalue weighted by Crippen LogP contribution is -2.30. The highest BCUT2D eigenvalue weighted by Gasteiger charge is 2.08. The normalized spacial score (nSPS) is 10.4. The van der Waals surface area contributed by atoms with Crippen molar-refractivity contribution in [3.05, 3.63) is 59.2 Å². The predicted molar refractivity (Wildman–Crippen MR) is 102 cm³/mol. The Morgan fingerprint density at radius 1 is 1.00 bits per heavy atom. The Morgan fingerprint density at radius 3 is 2.32 bits per heavy atom. The first-order valence-electron chi connectivity index (χ1n) is 8.37. The Morgan fingerprint density at radius 2 is 1.68 bits per heavy atom. The van der Waals surface area contributed by atoms with Crippen LogP contribution >= 0.6 is 0 Å². The molecule has 0 aromatic heterocycles. The summed E-state index contributed by atoms with van der Waals surface area (Å²) in [6.07, 6.45) is 0. The van der Waals surface area contributed by atoms with Crippen molar-refractivity contribution >= 4 is 23.2 Å². The number of benzene rings is 2. The van der Waals surface area contributed by atoms with Gasteiger partial charge in [-0.2, -0.15) is 0 Å². The monoisotopic (exact) mass is 339 g/mol. The van der Waals surface area contributed by atoms with Crippen molar-refractivity contribution in [2.75, 3.05) is 17.2 Å². The summed E-state index contributed by atoms with van der Waals surface area (Å²) < 4.78 is 0. The van der Waals surface area contributed by atoms with Gasteiger partial charge in [0.15, 0.2) is 0 Å². The Hall–Kier alpha value is -2.82. The Balaban J connectivity index is 1.89. The molecule has 0 radical (unpaired) electrons. The van der Waals surface area contributed by atoms with Crippen LogP contribution in [0.4, 0.5) is 11.4 Å². The maximum atomic E-state index is 12.1. The van der Waals surface area contributed by atoms with Gasteiger partial charge in [-0.15, -0.1) is 0 Å². The fourth-order valence-electron chi connectivity index (χ4n) is 2.35. The molecule has 2 rings (SSSR count). The third kappa shape index (κ3) is 5.35. The summed E-state index contributed by atoms with van der Waals surface area (Å²) in [7, 11) is 0. The fourth-order valence-corrected chi connectivity index (χ4v) is 2.35. The summed E-state index contributed by atoms with van der Waals surface area (Å²) in [5, 5.41) is 8.81. The van der Waals surface area contributed by atoms with Crippen molar-refractivity contribution in [3.63, 3.8) is 0 Å². The quantitative estimate of drug-likeness (QED) is 0.754. The van der Waals surface area contributed by atoms with Gasteiger partial charge >= 0.3 is 0 Å². The largest absolute Gasteiger partial charge is 0.376 e. The average molecular weight is 339 g/mol. The summed E-state index contributed by atoms with van der Waals surface area (Å²) >= 11 is 0. The number of carbonyl (C=O) groups is 2. The van der Waals surface area contributed by atoms with Crippen molar-refractivity contribution in [2.45, 2.75) is 33.7 Å². The molecular formula is C20H25N3O2. The van der Waals surface area contributed by atoms with Crippen LogP contribution in [0.1, 0.15) is 35.3 Å². The Bertz CT molecular complexity index is 752. The van der Waals surface area contributed by atoms with Gasteiger partial charge in [0, 0.05) is 23.0 Å². The minimum atomic E-state index is -0.115. The highest BCUT2D eigenvalue weighted by molar-refractivity contribution is 5.95. The molecule has 0 bridgehead atoms. The lowest BCUT2D eigenvalue weighted by Gasteiger charge is -2.12. The number of amides is 2. The van der Waals surface area contributed by atoms with Gasteiger partial charge in [-0.25, -0.2) is 0 Å². The molecule has 2 aromatic carbocycles. The maximum Gasteiger partial charge on any atom is 0.251 e. The number of rotatable bonds is 6. The Kier molecular flexibility index (Phi) is 6.17. The zero-order valence-electron chi connectivity index (χ0n) is 15.1. The van der Waals surface area contributed by atoms with E-state index in [1.54, 1.807) is 24.3 Å². The molecule has 0 aliphatic rings. The summed E-state index contributed by atoms with van der Waals surface area (Å²) in [6.45, 7) is 8.00. The van der Waals surface area contributed by atoms with E-state index < -0.39 is 0 Å². The second kappa shape index (κ2) is 8.33. The van der Waals surface area contributed by atoms with Crippen LogP contribution in [0.3, 0.4) is 0 Å². The second-order valence-electron chi connectivity index (χ2n) is 6.35. The first-order valence-corrected chi connectivity index (χ1v) is 8.37. The maximum absolute atomic E-state index is 12.1. The molecule has 5 nitrogen and oxygen atoms in total.